The molecule has 0 aromatic heterocycles. The molecule has 0 spiro atoms. The van der Waals surface area contributed by atoms with Crippen LogP contribution in [0.15, 0.2) is 146 Å². The molecule has 0 amide bonds. The predicted molar refractivity (Wildman–Crippen MR) is 357 cm³/mol. The zero-order chi connectivity index (χ0) is 59.2. The van der Waals surface area contributed by atoms with E-state index < -0.39 is 6.10 Å². The van der Waals surface area contributed by atoms with Crippen LogP contribution in [0, 0.1) is 0 Å². The van der Waals surface area contributed by atoms with E-state index in [9.17, 15) is 14.4 Å². The summed E-state index contributed by atoms with van der Waals surface area (Å²) in [6.45, 7) is 6.38. The number of hydrogen-bond acceptors (Lipinski definition) is 6. The summed E-state index contributed by atoms with van der Waals surface area (Å²) in [6, 6.07) is 0. The quantitative estimate of drug-likeness (QED) is 0.0261. The Morgan fingerprint density at radius 3 is 0.756 bits per heavy atom. The van der Waals surface area contributed by atoms with E-state index in [0.717, 1.165) is 141 Å². The number of allylic oxidation sites excluding steroid dienone is 24. The molecule has 0 bridgehead atoms. The molecule has 0 N–H and O–H groups in total. The van der Waals surface area contributed by atoms with E-state index in [2.05, 4.69) is 167 Å². The maximum absolute atomic E-state index is 12.9. The topological polar surface area (TPSA) is 78.9 Å². The van der Waals surface area contributed by atoms with Crippen molar-refractivity contribution in [2.45, 2.75) is 303 Å². The van der Waals surface area contributed by atoms with Gasteiger partial charge in [0.15, 0.2) is 6.10 Å². The fraction of sp³-hybridized carbons (Fsp3) is 0.645. The van der Waals surface area contributed by atoms with Crippen LogP contribution in [0.4, 0.5) is 0 Å². The lowest BCUT2D eigenvalue weighted by Gasteiger charge is -2.18. The lowest BCUT2D eigenvalue weighted by Crippen LogP contribution is -2.30. The molecule has 0 saturated carbocycles. The van der Waals surface area contributed by atoms with E-state index in [1.807, 2.05) is 0 Å². The van der Waals surface area contributed by atoms with Gasteiger partial charge in [-0.05, 0) is 141 Å². The molecule has 0 radical (unpaired) electrons. The summed E-state index contributed by atoms with van der Waals surface area (Å²) in [5.74, 6) is -0.939. The first-order valence-corrected chi connectivity index (χ1v) is 33.8. The molecule has 0 aliphatic rings. The minimum Gasteiger partial charge on any atom is -0.462 e. The third-order valence-electron chi connectivity index (χ3n) is 14.1. The van der Waals surface area contributed by atoms with Gasteiger partial charge in [0.25, 0.3) is 0 Å². The van der Waals surface area contributed by atoms with Crippen LogP contribution in [0.3, 0.4) is 0 Å². The molecule has 6 heteroatoms. The van der Waals surface area contributed by atoms with Gasteiger partial charge in [-0.2, -0.15) is 0 Å². The van der Waals surface area contributed by atoms with Crippen molar-refractivity contribution in [3.05, 3.63) is 146 Å². The van der Waals surface area contributed by atoms with Crippen molar-refractivity contribution in [2.24, 2.45) is 0 Å². The van der Waals surface area contributed by atoms with E-state index in [-0.39, 0.29) is 37.5 Å². The van der Waals surface area contributed by atoms with E-state index in [0.29, 0.717) is 12.8 Å². The second-order valence-corrected chi connectivity index (χ2v) is 22.0. The van der Waals surface area contributed by atoms with Crippen LogP contribution in [0.1, 0.15) is 297 Å². The van der Waals surface area contributed by atoms with Crippen molar-refractivity contribution >= 4 is 17.9 Å². The molecular weight excluding hydrogens is 1010 g/mol. The van der Waals surface area contributed by atoms with Crippen molar-refractivity contribution < 1.29 is 28.6 Å². The Kier molecular flexibility index (Phi) is 64.8. The Morgan fingerprint density at radius 1 is 0.256 bits per heavy atom. The average Bonchev–Trinajstić information content (AvgIpc) is 3.47. The standard InChI is InChI=1S/C76H124O6/c1-4-7-10-13-16-19-22-25-28-31-34-35-36-37-38-39-40-41-43-45-48-51-54-57-60-63-66-69-75(78)81-72-73(71-80-74(77)68-65-62-59-56-53-50-47-44-33-30-27-24-21-18-15-12-9-6-3)82-76(79)70-67-64-61-58-55-52-49-46-42-32-29-26-23-20-17-14-11-8-5-2/h7-8,10-11,16-17,19-21,24-26,28-30,33-35,37-38,42,46,52,55,73H,4-6,9,12-15,18,22-23,27,31-32,36,39-41,43-45,47-51,53-54,56-72H2,1-3H3/b10-7-,11-8-,19-16-,20-17-,24-21-,28-25-,29-26-,33-30-,35-34-,38-37-,46-42-,55-52-. The van der Waals surface area contributed by atoms with Gasteiger partial charge in [0.05, 0.1) is 0 Å². The monoisotopic (exact) mass is 1130 g/mol. The third-order valence-corrected chi connectivity index (χ3v) is 14.1. The summed E-state index contributed by atoms with van der Waals surface area (Å²) in [5, 5.41) is 0. The highest BCUT2D eigenvalue weighted by atomic mass is 16.6. The Labute approximate surface area is 506 Å². The van der Waals surface area contributed by atoms with Crippen LogP contribution in [-0.2, 0) is 28.6 Å². The SMILES string of the molecule is CC/C=C\C/C=C\C/C=C\C/C=C\C/C=C\CCCCCCCCCCCCCC(=O)OCC(COC(=O)CCCCCCCCC/C=C\C/C=C\CCCCCC)OC(=O)CCCCC/C=C\C/C=C\C/C=C\C/C=C\C/C=C\CC. The molecule has 464 valence electrons. The Morgan fingerprint density at radius 2 is 0.476 bits per heavy atom. The second kappa shape index (κ2) is 68.8. The molecule has 1 unspecified atom stereocenters. The zero-order valence-electron chi connectivity index (χ0n) is 53.2. The van der Waals surface area contributed by atoms with Gasteiger partial charge in [0, 0.05) is 19.3 Å². The van der Waals surface area contributed by atoms with E-state index in [4.69, 9.17) is 14.2 Å². The summed E-state index contributed by atoms with van der Waals surface area (Å²) in [5.41, 5.74) is 0. The van der Waals surface area contributed by atoms with Gasteiger partial charge in [0.1, 0.15) is 13.2 Å². The highest BCUT2D eigenvalue weighted by molar-refractivity contribution is 5.71. The van der Waals surface area contributed by atoms with Gasteiger partial charge >= 0.3 is 17.9 Å². The Balaban J connectivity index is 4.43. The molecule has 0 rings (SSSR count). The average molecular weight is 1130 g/mol. The first kappa shape index (κ1) is 77.3. The van der Waals surface area contributed by atoms with Crippen LogP contribution < -0.4 is 0 Å². The molecule has 0 saturated heterocycles. The van der Waals surface area contributed by atoms with Crippen molar-refractivity contribution in [3.8, 4) is 0 Å². The largest absolute Gasteiger partial charge is 0.462 e. The van der Waals surface area contributed by atoms with Crippen molar-refractivity contribution in [1.29, 1.82) is 0 Å². The van der Waals surface area contributed by atoms with Gasteiger partial charge in [0.2, 0.25) is 0 Å². The number of ether oxygens (including phenoxy) is 3. The minimum absolute atomic E-state index is 0.0999. The molecule has 0 heterocycles. The summed E-state index contributed by atoms with van der Waals surface area (Å²) in [7, 11) is 0. The zero-order valence-corrected chi connectivity index (χ0v) is 53.2. The van der Waals surface area contributed by atoms with Crippen molar-refractivity contribution in [1.82, 2.24) is 0 Å². The summed E-state index contributed by atoms with van der Waals surface area (Å²) < 4.78 is 16.9. The fourth-order valence-electron chi connectivity index (χ4n) is 9.06. The number of hydrogen-bond donors (Lipinski definition) is 0. The van der Waals surface area contributed by atoms with Gasteiger partial charge in [-0.1, -0.05) is 282 Å². The molecule has 0 fully saturated rings. The highest BCUT2D eigenvalue weighted by Crippen LogP contribution is 2.15. The van der Waals surface area contributed by atoms with Crippen LogP contribution in [0.5, 0.6) is 0 Å². The molecule has 82 heavy (non-hydrogen) atoms. The second-order valence-electron chi connectivity index (χ2n) is 22.0. The lowest BCUT2D eigenvalue weighted by molar-refractivity contribution is -0.167. The molecular formula is C76H124O6. The number of rotatable bonds is 60. The third kappa shape index (κ3) is 66.1. The lowest BCUT2D eigenvalue weighted by atomic mass is 10.0. The fourth-order valence-corrected chi connectivity index (χ4v) is 9.06. The van der Waals surface area contributed by atoms with E-state index in [1.165, 1.54) is 116 Å². The number of unbranched alkanes of at least 4 members (excludes halogenated alkanes) is 25. The summed E-state index contributed by atoms with van der Waals surface area (Å²) in [4.78, 5) is 38.4. The smallest absolute Gasteiger partial charge is 0.306 e. The van der Waals surface area contributed by atoms with Gasteiger partial charge in [-0.25, -0.2) is 0 Å². The van der Waals surface area contributed by atoms with Crippen molar-refractivity contribution in [3.63, 3.8) is 0 Å². The molecule has 1 atom stereocenters. The normalized spacial score (nSPS) is 13.1. The first-order chi connectivity index (χ1) is 40.5. The van der Waals surface area contributed by atoms with Gasteiger partial charge in [-0.3, -0.25) is 14.4 Å². The van der Waals surface area contributed by atoms with E-state index in [1.54, 1.807) is 0 Å². The Bertz CT molecular complexity index is 1780. The minimum atomic E-state index is -0.808. The van der Waals surface area contributed by atoms with Gasteiger partial charge in [-0.15, -0.1) is 0 Å². The first-order valence-electron chi connectivity index (χ1n) is 33.8. The number of esters is 3. The van der Waals surface area contributed by atoms with Crippen LogP contribution in [-0.4, -0.2) is 37.2 Å². The predicted octanol–water partition coefficient (Wildman–Crippen LogP) is 23.5. The van der Waals surface area contributed by atoms with E-state index >= 15 is 0 Å². The van der Waals surface area contributed by atoms with Crippen LogP contribution >= 0.6 is 0 Å². The summed E-state index contributed by atoms with van der Waals surface area (Å²) >= 11 is 0. The maximum Gasteiger partial charge on any atom is 0.306 e. The number of carbonyl (C=O) groups excluding carboxylic acids is 3. The molecule has 0 aromatic carbocycles. The molecule has 0 aromatic rings. The summed E-state index contributed by atoms with van der Waals surface area (Å²) in [6.07, 6.45) is 98.5. The molecule has 6 nitrogen and oxygen atoms in total. The maximum atomic E-state index is 12.9. The van der Waals surface area contributed by atoms with Gasteiger partial charge < -0.3 is 14.2 Å². The molecule has 0 aliphatic carbocycles. The highest BCUT2D eigenvalue weighted by Gasteiger charge is 2.19. The molecule has 0 aliphatic heterocycles. The van der Waals surface area contributed by atoms with Crippen LogP contribution in [0.2, 0.25) is 0 Å². The number of carbonyl (C=O) groups is 3. The van der Waals surface area contributed by atoms with Crippen molar-refractivity contribution in [2.75, 3.05) is 13.2 Å². The van der Waals surface area contributed by atoms with Crippen LogP contribution in [0.25, 0.3) is 0 Å². The Hall–Kier alpha value is -4.71.